The Morgan fingerprint density at radius 3 is 2.49 bits per heavy atom. The van der Waals surface area contributed by atoms with Crippen molar-refractivity contribution < 1.29 is 0 Å². The van der Waals surface area contributed by atoms with Gasteiger partial charge in [0.1, 0.15) is 0 Å². The van der Waals surface area contributed by atoms with E-state index in [1.54, 1.807) is 7.05 Å². The fourth-order valence-corrected chi connectivity index (χ4v) is 5.19. The molecule has 7 nitrogen and oxygen atoms in total. The second-order valence-electron chi connectivity index (χ2n) is 9.62. The van der Waals surface area contributed by atoms with E-state index in [1.807, 2.05) is 47.0 Å². The van der Waals surface area contributed by atoms with Crippen molar-refractivity contribution in [1.29, 1.82) is 0 Å². The molecule has 0 aliphatic carbocycles. The maximum absolute atomic E-state index is 13.8. The Morgan fingerprint density at radius 2 is 1.69 bits per heavy atom. The molecule has 7 heteroatoms. The summed E-state index contributed by atoms with van der Waals surface area (Å²) in [7, 11) is 1.70. The van der Waals surface area contributed by atoms with Crippen LogP contribution < -0.4 is 16.1 Å². The summed E-state index contributed by atoms with van der Waals surface area (Å²) in [4.78, 5) is 34.2. The van der Waals surface area contributed by atoms with Gasteiger partial charge in [0.25, 0.3) is 5.56 Å². The summed E-state index contributed by atoms with van der Waals surface area (Å²) in [6, 6.07) is 22.3. The standard InChI is InChI=1S/C28H27N5O2/c1-18-11-13-22(14-12-18)31-15-19(2)16-32-24-25(29-27(31)32)30(3)28(35)33(26(24)34)17-21-9-6-8-20-7-4-5-10-23(20)21/h4-14,19H,15-17H2,1-3H3/t19-/m1/s1. The van der Waals surface area contributed by atoms with Gasteiger partial charge in [0.05, 0.1) is 6.54 Å². The molecule has 1 atom stereocenters. The third-order valence-corrected chi connectivity index (χ3v) is 7.00. The van der Waals surface area contributed by atoms with E-state index in [2.05, 4.69) is 43.0 Å². The summed E-state index contributed by atoms with van der Waals surface area (Å²) in [5.74, 6) is 1.02. The van der Waals surface area contributed by atoms with Crippen LogP contribution in [0.5, 0.6) is 0 Å². The molecule has 176 valence electrons. The quantitative estimate of drug-likeness (QED) is 0.401. The summed E-state index contributed by atoms with van der Waals surface area (Å²) in [5, 5.41) is 2.12. The van der Waals surface area contributed by atoms with E-state index in [0.29, 0.717) is 29.6 Å². The maximum atomic E-state index is 13.8. The van der Waals surface area contributed by atoms with Gasteiger partial charge in [-0.1, -0.05) is 67.1 Å². The number of nitrogens with zero attached hydrogens (tertiary/aromatic N) is 5. The summed E-state index contributed by atoms with van der Waals surface area (Å²) in [6.45, 7) is 5.92. The van der Waals surface area contributed by atoms with Crippen LogP contribution in [0.15, 0.2) is 76.3 Å². The predicted molar refractivity (Wildman–Crippen MR) is 140 cm³/mol. The van der Waals surface area contributed by atoms with Crippen molar-refractivity contribution in [3.05, 3.63) is 98.7 Å². The van der Waals surface area contributed by atoms with Crippen LogP contribution in [0, 0.1) is 12.8 Å². The van der Waals surface area contributed by atoms with Crippen molar-refractivity contribution >= 4 is 33.6 Å². The lowest BCUT2D eigenvalue weighted by molar-refractivity contribution is 0.458. The van der Waals surface area contributed by atoms with Crippen LogP contribution in [-0.4, -0.2) is 25.2 Å². The van der Waals surface area contributed by atoms with Gasteiger partial charge in [-0.2, -0.15) is 4.98 Å². The monoisotopic (exact) mass is 465 g/mol. The van der Waals surface area contributed by atoms with Gasteiger partial charge in [-0.15, -0.1) is 0 Å². The molecule has 35 heavy (non-hydrogen) atoms. The van der Waals surface area contributed by atoms with Gasteiger partial charge in [0.2, 0.25) is 5.95 Å². The first-order valence-electron chi connectivity index (χ1n) is 11.9. The van der Waals surface area contributed by atoms with Gasteiger partial charge < -0.3 is 9.47 Å². The highest BCUT2D eigenvalue weighted by Crippen LogP contribution is 2.33. The van der Waals surface area contributed by atoms with Crippen molar-refractivity contribution in [2.75, 3.05) is 11.4 Å². The molecule has 0 spiro atoms. The largest absolute Gasteiger partial charge is 0.332 e. The number of imidazole rings is 1. The first-order chi connectivity index (χ1) is 16.9. The Balaban J connectivity index is 1.55. The van der Waals surface area contributed by atoms with E-state index in [4.69, 9.17) is 4.98 Å². The van der Waals surface area contributed by atoms with Crippen LogP contribution >= 0.6 is 0 Å². The van der Waals surface area contributed by atoms with Crippen molar-refractivity contribution in [2.24, 2.45) is 13.0 Å². The van der Waals surface area contributed by atoms with E-state index >= 15 is 0 Å². The molecule has 0 fully saturated rings. The molecule has 3 heterocycles. The summed E-state index contributed by atoms with van der Waals surface area (Å²) >= 11 is 0. The Bertz CT molecular complexity index is 1700. The molecule has 3 aromatic carbocycles. The zero-order chi connectivity index (χ0) is 24.3. The molecule has 1 aliphatic rings. The van der Waals surface area contributed by atoms with Crippen LogP contribution in [-0.2, 0) is 20.1 Å². The Kier molecular flexibility index (Phi) is 4.88. The minimum atomic E-state index is -0.360. The smallest absolute Gasteiger partial charge is 0.312 e. The molecule has 5 aromatic rings. The van der Waals surface area contributed by atoms with Gasteiger partial charge in [-0.25, -0.2) is 4.79 Å². The van der Waals surface area contributed by atoms with E-state index < -0.39 is 0 Å². The van der Waals surface area contributed by atoms with Crippen LogP contribution in [0.4, 0.5) is 11.6 Å². The summed E-state index contributed by atoms with van der Waals surface area (Å²) < 4.78 is 4.84. The van der Waals surface area contributed by atoms with Crippen molar-refractivity contribution in [3.63, 3.8) is 0 Å². The third-order valence-electron chi connectivity index (χ3n) is 7.00. The van der Waals surface area contributed by atoms with Gasteiger partial charge in [-0.05, 0) is 41.3 Å². The normalized spacial score (nSPS) is 15.6. The van der Waals surface area contributed by atoms with Crippen molar-refractivity contribution in [2.45, 2.75) is 26.9 Å². The third kappa shape index (κ3) is 3.38. The zero-order valence-corrected chi connectivity index (χ0v) is 20.1. The summed E-state index contributed by atoms with van der Waals surface area (Å²) in [6.07, 6.45) is 0. The van der Waals surface area contributed by atoms with Crippen LogP contribution in [0.25, 0.3) is 21.9 Å². The number of rotatable bonds is 3. The van der Waals surface area contributed by atoms with E-state index in [1.165, 1.54) is 14.7 Å². The molecular formula is C28H27N5O2. The predicted octanol–water partition coefficient (Wildman–Crippen LogP) is 4.19. The van der Waals surface area contributed by atoms with Gasteiger partial charge in [0.15, 0.2) is 11.2 Å². The highest BCUT2D eigenvalue weighted by molar-refractivity contribution is 5.85. The Labute approximate surface area is 202 Å². The zero-order valence-electron chi connectivity index (χ0n) is 20.1. The average molecular weight is 466 g/mol. The molecule has 0 N–H and O–H groups in total. The van der Waals surface area contributed by atoms with Crippen LogP contribution in [0.3, 0.4) is 0 Å². The molecule has 6 rings (SSSR count). The number of hydrogen-bond donors (Lipinski definition) is 0. The fourth-order valence-electron chi connectivity index (χ4n) is 5.19. The number of benzene rings is 3. The van der Waals surface area contributed by atoms with Gasteiger partial charge in [-0.3, -0.25) is 13.9 Å². The molecular weight excluding hydrogens is 438 g/mol. The summed E-state index contributed by atoms with van der Waals surface area (Å²) in [5.41, 5.74) is 3.40. The van der Waals surface area contributed by atoms with Gasteiger partial charge >= 0.3 is 5.69 Å². The van der Waals surface area contributed by atoms with Crippen molar-refractivity contribution in [1.82, 2.24) is 18.7 Å². The molecule has 1 aliphatic heterocycles. The highest BCUT2D eigenvalue weighted by atomic mass is 16.2. The first kappa shape index (κ1) is 21.4. The molecule has 0 radical (unpaired) electrons. The SMILES string of the molecule is Cc1ccc(N2C[C@@H](C)Cn3c2nc2c3c(=O)n(Cc3cccc4ccccc34)c(=O)n2C)cc1. The Morgan fingerprint density at radius 1 is 0.943 bits per heavy atom. The number of anilines is 2. The lowest BCUT2D eigenvalue weighted by Gasteiger charge is -2.33. The maximum Gasteiger partial charge on any atom is 0.332 e. The number of aromatic nitrogens is 4. The lowest BCUT2D eigenvalue weighted by Crippen LogP contribution is -2.40. The minimum absolute atomic E-state index is 0.209. The number of aryl methyl sites for hydroxylation is 2. The number of fused-ring (bicyclic) bond motifs is 4. The molecule has 0 unspecified atom stereocenters. The Hall–Kier alpha value is -4.13. The fraction of sp³-hybridized carbons (Fsp3) is 0.250. The number of hydrogen-bond acceptors (Lipinski definition) is 4. The van der Waals surface area contributed by atoms with E-state index in [-0.39, 0.29) is 17.8 Å². The molecule has 0 amide bonds. The first-order valence-corrected chi connectivity index (χ1v) is 11.9. The average Bonchev–Trinajstić information content (AvgIpc) is 3.25. The van der Waals surface area contributed by atoms with Crippen LogP contribution in [0.1, 0.15) is 18.1 Å². The molecule has 2 aromatic heterocycles. The van der Waals surface area contributed by atoms with Crippen molar-refractivity contribution in [3.8, 4) is 0 Å². The molecule has 0 saturated carbocycles. The topological polar surface area (TPSA) is 65.1 Å². The van der Waals surface area contributed by atoms with Gasteiger partial charge in [0, 0.05) is 25.8 Å². The highest BCUT2D eigenvalue weighted by Gasteiger charge is 2.29. The van der Waals surface area contributed by atoms with E-state index in [0.717, 1.165) is 28.6 Å². The second kappa shape index (κ2) is 7.98. The molecule has 0 bridgehead atoms. The molecule has 0 saturated heterocycles. The van der Waals surface area contributed by atoms with Crippen LogP contribution in [0.2, 0.25) is 0 Å². The minimum Gasteiger partial charge on any atom is -0.312 e. The lowest BCUT2D eigenvalue weighted by atomic mass is 10.0. The van der Waals surface area contributed by atoms with E-state index in [9.17, 15) is 9.59 Å². The second-order valence-corrected chi connectivity index (χ2v) is 9.62.